The number of likely N-dealkylation sites (tertiary alicyclic amines) is 1. The molecule has 2 aliphatic heterocycles. The molecule has 0 radical (unpaired) electrons. The highest BCUT2D eigenvalue weighted by Crippen LogP contribution is 2.23. The van der Waals surface area contributed by atoms with Crippen molar-refractivity contribution in [1.82, 2.24) is 14.8 Å². The number of nitrogens with zero attached hydrogens (tertiary/aromatic N) is 3. The normalized spacial score (nSPS) is 22.7. The van der Waals surface area contributed by atoms with Crippen LogP contribution in [0.3, 0.4) is 0 Å². The number of nitrogens with one attached hydrogen (secondary N) is 1. The van der Waals surface area contributed by atoms with E-state index < -0.39 is 0 Å². The van der Waals surface area contributed by atoms with E-state index in [0.717, 1.165) is 25.3 Å². The van der Waals surface area contributed by atoms with Crippen molar-refractivity contribution >= 4 is 28.3 Å². The summed E-state index contributed by atoms with van der Waals surface area (Å²) in [7, 11) is 0. The van der Waals surface area contributed by atoms with E-state index in [1.165, 1.54) is 35.6 Å². The Morgan fingerprint density at radius 2 is 1.81 bits per heavy atom. The Kier molecular flexibility index (Phi) is 7.17. The summed E-state index contributed by atoms with van der Waals surface area (Å²) in [6.45, 7) is 7.66. The van der Waals surface area contributed by atoms with Gasteiger partial charge in [0.15, 0.2) is 5.13 Å². The van der Waals surface area contributed by atoms with E-state index in [1.807, 2.05) is 5.38 Å². The Bertz CT molecular complexity index is 933. The largest absolute Gasteiger partial charge is 0.373 e. The van der Waals surface area contributed by atoms with E-state index in [9.17, 15) is 14.0 Å². The minimum absolute atomic E-state index is 0.0478. The van der Waals surface area contributed by atoms with Gasteiger partial charge < -0.3 is 15.0 Å². The van der Waals surface area contributed by atoms with Gasteiger partial charge in [0.2, 0.25) is 5.91 Å². The molecule has 9 heteroatoms. The molecule has 4 rings (SSSR count). The lowest BCUT2D eigenvalue weighted by atomic mass is 9.95. The molecule has 2 fully saturated rings. The summed E-state index contributed by atoms with van der Waals surface area (Å²) in [6.07, 6.45) is 1.61. The molecule has 1 aromatic carbocycles. The number of amides is 2. The minimum Gasteiger partial charge on any atom is -0.373 e. The van der Waals surface area contributed by atoms with E-state index in [-0.39, 0.29) is 35.8 Å². The van der Waals surface area contributed by atoms with Gasteiger partial charge in [-0.05, 0) is 51.0 Å². The van der Waals surface area contributed by atoms with Gasteiger partial charge in [-0.1, -0.05) is 0 Å². The molecule has 0 unspecified atom stereocenters. The number of benzene rings is 1. The van der Waals surface area contributed by atoms with Gasteiger partial charge in [0.25, 0.3) is 5.91 Å². The first-order chi connectivity index (χ1) is 15.4. The van der Waals surface area contributed by atoms with Crippen LogP contribution in [0.25, 0.3) is 0 Å². The van der Waals surface area contributed by atoms with Crippen LogP contribution in [0.15, 0.2) is 29.6 Å². The van der Waals surface area contributed by atoms with Crippen LogP contribution < -0.4 is 5.32 Å². The molecular weight excluding hydrogens is 431 g/mol. The Labute approximate surface area is 191 Å². The number of hydrogen-bond acceptors (Lipinski definition) is 6. The van der Waals surface area contributed by atoms with Gasteiger partial charge in [-0.3, -0.25) is 14.5 Å². The predicted octanol–water partition coefficient (Wildman–Crippen LogP) is 3.38. The van der Waals surface area contributed by atoms with Crippen LogP contribution in [0, 0.1) is 11.7 Å². The number of thiazole rings is 1. The number of piperidine rings is 1. The van der Waals surface area contributed by atoms with Gasteiger partial charge in [0.05, 0.1) is 17.9 Å². The number of rotatable bonds is 5. The average molecular weight is 461 g/mol. The average Bonchev–Trinajstić information content (AvgIpc) is 3.19. The molecule has 2 saturated heterocycles. The molecule has 2 atom stereocenters. The first-order valence-corrected chi connectivity index (χ1v) is 11.9. The van der Waals surface area contributed by atoms with Crippen LogP contribution in [0.5, 0.6) is 0 Å². The monoisotopic (exact) mass is 460 g/mol. The third-order valence-electron chi connectivity index (χ3n) is 5.91. The molecule has 172 valence electrons. The fraction of sp³-hybridized carbons (Fsp3) is 0.522. The first kappa shape index (κ1) is 22.8. The van der Waals surface area contributed by atoms with E-state index >= 15 is 0 Å². The fourth-order valence-corrected chi connectivity index (χ4v) is 5.11. The van der Waals surface area contributed by atoms with Gasteiger partial charge >= 0.3 is 0 Å². The number of anilines is 1. The van der Waals surface area contributed by atoms with Gasteiger partial charge in [-0.15, -0.1) is 11.3 Å². The van der Waals surface area contributed by atoms with Crippen molar-refractivity contribution in [2.75, 3.05) is 31.5 Å². The van der Waals surface area contributed by atoms with Crippen LogP contribution >= 0.6 is 11.3 Å². The van der Waals surface area contributed by atoms with Crippen molar-refractivity contribution < 1.29 is 18.7 Å². The molecule has 2 aliphatic rings. The highest BCUT2D eigenvalue weighted by atomic mass is 32.1. The van der Waals surface area contributed by atoms with Crippen LogP contribution in [-0.2, 0) is 16.1 Å². The van der Waals surface area contributed by atoms with E-state index in [0.29, 0.717) is 36.6 Å². The molecule has 3 heterocycles. The van der Waals surface area contributed by atoms with Crippen LogP contribution in [0.1, 0.15) is 42.7 Å². The zero-order chi connectivity index (χ0) is 22.7. The summed E-state index contributed by atoms with van der Waals surface area (Å²) in [5, 5.41) is 5.55. The molecule has 0 saturated carbocycles. The molecule has 0 aliphatic carbocycles. The Morgan fingerprint density at radius 1 is 1.16 bits per heavy atom. The van der Waals surface area contributed by atoms with E-state index in [4.69, 9.17) is 4.74 Å². The number of aromatic nitrogens is 1. The lowest BCUT2D eigenvalue weighted by Gasteiger charge is -2.34. The quantitative estimate of drug-likeness (QED) is 0.741. The number of ether oxygens (including phenoxy) is 1. The zero-order valence-electron chi connectivity index (χ0n) is 18.4. The Balaban J connectivity index is 1.25. The molecule has 2 amide bonds. The maximum atomic E-state index is 13.1. The van der Waals surface area contributed by atoms with Crippen LogP contribution in [-0.4, -0.2) is 65.0 Å². The van der Waals surface area contributed by atoms with Gasteiger partial charge in [0.1, 0.15) is 5.82 Å². The third kappa shape index (κ3) is 5.70. The van der Waals surface area contributed by atoms with Crippen LogP contribution in [0.4, 0.5) is 9.52 Å². The summed E-state index contributed by atoms with van der Waals surface area (Å²) >= 11 is 1.44. The standard InChI is InChI=1S/C23H29FN4O3S/c1-15-11-27(12-16(2)31-15)13-20-14-32-23(25-20)26-21(29)17-7-9-28(10-8-17)22(30)18-3-5-19(24)6-4-18/h3-6,14-17H,7-13H2,1-2H3,(H,25,26,29)/t15-,16+. The van der Waals surface area contributed by atoms with Gasteiger partial charge in [-0.2, -0.15) is 0 Å². The van der Waals surface area contributed by atoms with Crippen molar-refractivity contribution in [2.24, 2.45) is 5.92 Å². The predicted molar refractivity (Wildman–Crippen MR) is 121 cm³/mol. The molecule has 1 N–H and O–H groups in total. The fourth-order valence-electron chi connectivity index (χ4n) is 4.41. The molecule has 1 aromatic heterocycles. The van der Waals surface area contributed by atoms with E-state index in [2.05, 4.69) is 29.0 Å². The van der Waals surface area contributed by atoms with Crippen molar-refractivity contribution in [3.8, 4) is 0 Å². The number of morpholine rings is 1. The number of halogens is 1. The summed E-state index contributed by atoms with van der Waals surface area (Å²) < 4.78 is 18.9. The molecule has 0 bridgehead atoms. The lowest BCUT2D eigenvalue weighted by Crippen LogP contribution is -2.44. The molecule has 2 aromatic rings. The smallest absolute Gasteiger partial charge is 0.253 e. The molecule has 32 heavy (non-hydrogen) atoms. The van der Waals surface area contributed by atoms with Gasteiger partial charge in [-0.25, -0.2) is 9.37 Å². The first-order valence-electron chi connectivity index (χ1n) is 11.1. The maximum Gasteiger partial charge on any atom is 0.253 e. The van der Waals surface area contributed by atoms with Gasteiger partial charge in [0, 0.05) is 49.6 Å². The highest BCUT2D eigenvalue weighted by molar-refractivity contribution is 7.13. The maximum absolute atomic E-state index is 13.1. The SMILES string of the molecule is C[C@@H]1CN(Cc2csc(NC(=O)C3CCN(C(=O)c4ccc(F)cc4)CC3)n2)C[C@H](C)O1. The summed E-state index contributed by atoms with van der Waals surface area (Å²) in [5.74, 6) is -0.689. The van der Waals surface area contributed by atoms with Crippen molar-refractivity contribution in [2.45, 2.75) is 45.4 Å². The Morgan fingerprint density at radius 3 is 2.47 bits per heavy atom. The lowest BCUT2D eigenvalue weighted by molar-refractivity contribution is -0.121. The Hall–Kier alpha value is -2.36. The van der Waals surface area contributed by atoms with Crippen molar-refractivity contribution in [3.05, 3.63) is 46.7 Å². The van der Waals surface area contributed by atoms with Crippen molar-refractivity contribution in [1.29, 1.82) is 0 Å². The second-order valence-electron chi connectivity index (χ2n) is 8.66. The van der Waals surface area contributed by atoms with Crippen LogP contribution in [0.2, 0.25) is 0 Å². The number of hydrogen-bond donors (Lipinski definition) is 1. The molecular formula is C23H29FN4O3S. The minimum atomic E-state index is -0.365. The molecule has 7 nitrogen and oxygen atoms in total. The zero-order valence-corrected chi connectivity index (χ0v) is 19.2. The topological polar surface area (TPSA) is 74.8 Å². The number of carbonyl (C=O) groups is 2. The summed E-state index contributed by atoms with van der Waals surface area (Å²) in [4.78, 5) is 33.9. The number of carbonyl (C=O) groups excluding carboxylic acids is 2. The highest BCUT2D eigenvalue weighted by Gasteiger charge is 2.28. The van der Waals surface area contributed by atoms with E-state index in [1.54, 1.807) is 4.90 Å². The third-order valence-corrected chi connectivity index (χ3v) is 6.71. The van der Waals surface area contributed by atoms with Crippen molar-refractivity contribution in [3.63, 3.8) is 0 Å². The summed E-state index contributed by atoms with van der Waals surface area (Å²) in [5.41, 5.74) is 1.42. The second kappa shape index (κ2) is 10.1. The second-order valence-corrected chi connectivity index (χ2v) is 9.52. The summed E-state index contributed by atoms with van der Waals surface area (Å²) in [6, 6.07) is 5.56. The molecule has 0 spiro atoms.